The summed E-state index contributed by atoms with van der Waals surface area (Å²) in [7, 11) is 1.80. The number of fused-ring (bicyclic) bond motifs is 3. The second-order valence-corrected chi connectivity index (χ2v) is 4.37. The van der Waals surface area contributed by atoms with Crippen molar-refractivity contribution in [2.24, 2.45) is 0 Å². The number of carbonyl (C=O) groups excluding carboxylic acids is 1. The molecule has 1 fully saturated rings. The second kappa shape index (κ2) is 3.17. The Labute approximate surface area is 94.1 Å². The fourth-order valence-electron chi connectivity index (χ4n) is 2.52. The van der Waals surface area contributed by atoms with E-state index in [4.69, 9.17) is 0 Å². The van der Waals surface area contributed by atoms with Gasteiger partial charge in [-0.3, -0.25) is 4.79 Å². The third-order valence-electron chi connectivity index (χ3n) is 3.37. The predicted octanol–water partition coefficient (Wildman–Crippen LogP) is 0.730. The molecule has 0 saturated carbocycles. The zero-order valence-electron chi connectivity index (χ0n) is 9.47. The number of nitrogens with zero attached hydrogens (tertiary/aromatic N) is 4. The Hall–Kier alpha value is -1.65. The molecule has 2 aliphatic heterocycles. The molecule has 0 bridgehead atoms. The monoisotopic (exact) mass is 218 g/mol. The van der Waals surface area contributed by atoms with Gasteiger partial charge in [-0.1, -0.05) is 0 Å². The van der Waals surface area contributed by atoms with Gasteiger partial charge in [0.1, 0.15) is 17.6 Å². The fourth-order valence-corrected chi connectivity index (χ4v) is 2.52. The van der Waals surface area contributed by atoms with Gasteiger partial charge in [0.2, 0.25) is 5.91 Å². The van der Waals surface area contributed by atoms with Crippen LogP contribution in [0.4, 0.5) is 11.5 Å². The van der Waals surface area contributed by atoms with Gasteiger partial charge >= 0.3 is 0 Å². The highest BCUT2D eigenvalue weighted by Crippen LogP contribution is 2.37. The lowest BCUT2D eigenvalue weighted by molar-refractivity contribution is -0.119. The highest BCUT2D eigenvalue weighted by Gasteiger charge is 2.40. The largest absolute Gasteiger partial charge is 0.343 e. The van der Waals surface area contributed by atoms with Crippen molar-refractivity contribution < 1.29 is 4.79 Å². The van der Waals surface area contributed by atoms with E-state index < -0.39 is 0 Å². The number of amides is 1. The first kappa shape index (κ1) is 9.57. The first-order chi connectivity index (χ1) is 7.68. The molecule has 5 nitrogen and oxygen atoms in total. The topological polar surface area (TPSA) is 49.3 Å². The van der Waals surface area contributed by atoms with Crippen molar-refractivity contribution in [3.63, 3.8) is 0 Å². The summed E-state index contributed by atoms with van der Waals surface area (Å²) in [5, 5.41) is 0. The average molecular weight is 218 g/mol. The summed E-state index contributed by atoms with van der Waals surface area (Å²) in [5.41, 5.74) is 0.828. The first-order valence-corrected chi connectivity index (χ1v) is 5.56. The lowest BCUT2D eigenvalue weighted by atomic mass is 10.1. The van der Waals surface area contributed by atoms with Crippen LogP contribution in [0, 0.1) is 6.92 Å². The second-order valence-electron chi connectivity index (χ2n) is 4.37. The van der Waals surface area contributed by atoms with Gasteiger partial charge in [-0.05, 0) is 19.8 Å². The van der Waals surface area contributed by atoms with Crippen molar-refractivity contribution in [2.45, 2.75) is 25.8 Å². The molecule has 1 amide bonds. The van der Waals surface area contributed by atoms with Gasteiger partial charge in [-0.25, -0.2) is 9.97 Å². The minimum absolute atomic E-state index is 0.00759. The van der Waals surface area contributed by atoms with E-state index in [0.29, 0.717) is 0 Å². The lowest BCUT2D eigenvalue weighted by Gasteiger charge is -2.36. The molecule has 2 aliphatic rings. The van der Waals surface area contributed by atoms with Gasteiger partial charge in [0.05, 0.1) is 6.20 Å². The van der Waals surface area contributed by atoms with Crippen molar-refractivity contribution in [1.29, 1.82) is 0 Å². The van der Waals surface area contributed by atoms with Crippen LogP contribution in [-0.2, 0) is 4.79 Å². The number of hydrogen-bond donors (Lipinski definition) is 0. The lowest BCUT2D eigenvalue weighted by Crippen LogP contribution is -2.49. The Bertz CT molecular complexity index is 459. The summed E-state index contributed by atoms with van der Waals surface area (Å²) in [6.45, 7) is 2.80. The van der Waals surface area contributed by atoms with Crippen LogP contribution in [0.1, 0.15) is 18.7 Å². The minimum atomic E-state index is -0.00759. The Morgan fingerprint density at radius 1 is 1.50 bits per heavy atom. The molecule has 3 heterocycles. The Morgan fingerprint density at radius 3 is 3.12 bits per heavy atom. The number of rotatable bonds is 0. The van der Waals surface area contributed by atoms with Crippen LogP contribution in [0.25, 0.3) is 0 Å². The van der Waals surface area contributed by atoms with Gasteiger partial charge in [-0.15, -0.1) is 0 Å². The minimum Gasteiger partial charge on any atom is -0.343 e. The molecule has 16 heavy (non-hydrogen) atoms. The zero-order valence-corrected chi connectivity index (χ0v) is 9.47. The number of carbonyl (C=O) groups is 1. The zero-order chi connectivity index (χ0) is 11.3. The molecule has 3 rings (SSSR count). The maximum absolute atomic E-state index is 12.1. The van der Waals surface area contributed by atoms with Crippen molar-refractivity contribution in [2.75, 3.05) is 23.4 Å². The average Bonchev–Trinajstić information content (AvgIpc) is 2.75. The van der Waals surface area contributed by atoms with E-state index in [1.54, 1.807) is 18.1 Å². The highest BCUT2D eigenvalue weighted by molar-refractivity contribution is 6.04. The van der Waals surface area contributed by atoms with Crippen LogP contribution in [0.5, 0.6) is 0 Å². The maximum Gasteiger partial charge on any atom is 0.249 e. The molecule has 1 unspecified atom stereocenters. The summed E-state index contributed by atoms with van der Waals surface area (Å²) in [6, 6.07) is -0.00759. The van der Waals surface area contributed by atoms with Crippen LogP contribution in [0.15, 0.2) is 6.20 Å². The Kier molecular flexibility index (Phi) is 1.89. The number of anilines is 2. The summed E-state index contributed by atoms with van der Waals surface area (Å²) < 4.78 is 0. The molecule has 1 saturated heterocycles. The van der Waals surface area contributed by atoms with Crippen molar-refractivity contribution >= 4 is 17.4 Å². The van der Waals surface area contributed by atoms with E-state index in [2.05, 4.69) is 14.9 Å². The number of hydrogen-bond acceptors (Lipinski definition) is 4. The summed E-state index contributed by atoms with van der Waals surface area (Å²) in [5.74, 6) is 1.83. The highest BCUT2D eigenvalue weighted by atomic mass is 16.2. The third-order valence-corrected chi connectivity index (χ3v) is 3.37. The van der Waals surface area contributed by atoms with Crippen molar-refractivity contribution in [3.05, 3.63) is 12.0 Å². The Balaban J connectivity index is 2.17. The van der Waals surface area contributed by atoms with Gasteiger partial charge in [0.25, 0.3) is 0 Å². The van der Waals surface area contributed by atoms with E-state index in [-0.39, 0.29) is 11.9 Å². The number of likely N-dealkylation sites (N-methyl/N-ethyl adjacent to an activating group) is 1. The molecular weight excluding hydrogens is 204 g/mol. The summed E-state index contributed by atoms with van der Waals surface area (Å²) >= 11 is 0. The maximum atomic E-state index is 12.1. The van der Waals surface area contributed by atoms with Crippen molar-refractivity contribution in [1.82, 2.24) is 9.97 Å². The smallest absolute Gasteiger partial charge is 0.249 e. The van der Waals surface area contributed by atoms with Crippen LogP contribution in [0.3, 0.4) is 0 Å². The molecule has 0 N–H and O–H groups in total. The molecule has 84 valence electrons. The van der Waals surface area contributed by atoms with Gasteiger partial charge in [0.15, 0.2) is 5.82 Å². The molecule has 1 aromatic heterocycles. The van der Waals surface area contributed by atoms with Crippen molar-refractivity contribution in [3.8, 4) is 0 Å². The molecule has 0 aromatic carbocycles. The standard InChI is InChI=1S/C11H14N4O/c1-7-12-6-9-10(13-7)15-5-3-4-8(15)11(16)14(9)2/h6,8H,3-5H2,1-2H3. The summed E-state index contributed by atoms with van der Waals surface area (Å²) in [4.78, 5) is 24.5. The van der Waals surface area contributed by atoms with Gasteiger partial charge in [0, 0.05) is 13.6 Å². The normalized spacial score (nSPS) is 23.4. The molecule has 1 aromatic rings. The van der Waals surface area contributed by atoms with Gasteiger partial charge in [-0.2, -0.15) is 0 Å². The van der Waals surface area contributed by atoms with Crippen LogP contribution < -0.4 is 9.80 Å². The number of aromatic nitrogens is 2. The quantitative estimate of drug-likeness (QED) is 0.644. The van der Waals surface area contributed by atoms with E-state index in [1.165, 1.54) is 0 Å². The molecule has 1 atom stereocenters. The van der Waals surface area contributed by atoms with E-state index >= 15 is 0 Å². The van der Waals surface area contributed by atoms with E-state index in [1.807, 2.05) is 6.92 Å². The van der Waals surface area contributed by atoms with Crippen LogP contribution in [0.2, 0.25) is 0 Å². The predicted molar refractivity (Wildman–Crippen MR) is 60.5 cm³/mol. The van der Waals surface area contributed by atoms with Crippen LogP contribution in [-0.4, -0.2) is 35.5 Å². The van der Waals surface area contributed by atoms with E-state index in [9.17, 15) is 4.79 Å². The van der Waals surface area contributed by atoms with E-state index in [0.717, 1.165) is 36.7 Å². The summed E-state index contributed by atoms with van der Waals surface area (Å²) in [6.07, 6.45) is 3.74. The molecule has 0 aliphatic carbocycles. The third kappa shape index (κ3) is 1.14. The number of aryl methyl sites for hydroxylation is 1. The van der Waals surface area contributed by atoms with Gasteiger partial charge < -0.3 is 9.80 Å². The molecule has 0 radical (unpaired) electrons. The fraction of sp³-hybridized carbons (Fsp3) is 0.545. The van der Waals surface area contributed by atoms with Crippen LogP contribution >= 0.6 is 0 Å². The SMILES string of the molecule is Cc1ncc2c(n1)N1CCCC1C(=O)N2C. The molecular formula is C11H14N4O. The Morgan fingerprint density at radius 2 is 2.31 bits per heavy atom. The first-order valence-electron chi connectivity index (χ1n) is 5.56. The molecule has 5 heteroatoms. The molecule has 0 spiro atoms.